The highest BCUT2D eigenvalue weighted by atomic mass is 15.2. The van der Waals surface area contributed by atoms with Gasteiger partial charge in [-0.05, 0) is 12.8 Å². The van der Waals surface area contributed by atoms with Gasteiger partial charge in [-0.15, -0.1) is 0 Å². The van der Waals surface area contributed by atoms with Crippen LogP contribution in [0.4, 0.5) is 0 Å². The van der Waals surface area contributed by atoms with E-state index in [2.05, 4.69) is 24.1 Å². The smallest absolute Gasteiger partial charge is 0.0415 e. The van der Waals surface area contributed by atoms with Crippen molar-refractivity contribution in [1.82, 2.24) is 0 Å². The van der Waals surface area contributed by atoms with Gasteiger partial charge >= 0.3 is 0 Å². The first kappa shape index (κ1) is 5.15. The normalized spacial score (nSPS) is 46.0. The first-order chi connectivity index (χ1) is 4.30. The molecule has 3 atom stereocenters. The molecule has 2 nitrogen and oxygen atoms in total. The summed E-state index contributed by atoms with van der Waals surface area (Å²) in [6.07, 6.45) is 1.97. The molecule has 2 rings (SSSR count). The minimum Gasteiger partial charge on any atom is -0.163 e. The molecule has 0 aromatic carbocycles. The van der Waals surface area contributed by atoms with Crippen LogP contribution >= 0.6 is 0 Å². The second-order valence-corrected chi connectivity index (χ2v) is 2.97. The SMILES string of the molecule is CC1=NN=CC2C(C)C12. The quantitative estimate of drug-likeness (QED) is 0.463. The summed E-state index contributed by atoms with van der Waals surface area (Å²) < 4.78 is 0. The molecule has 0 aromatic heterocycles. The van der Waals surface area contributed by atoms with Gasteiger partial charge in [0.15, 0.2) is 0 Å². The minimum atomic E-state index is 0.725. The van der Waals surface area contributed by atoms with Crippen LogP contribution in [0.15, 0.2) is 10.2 Å². The van der Waals surface area contributed by atoms with Crippen molar-refractivity contribution in [3.63, 3.8) is 0 Å². The maximum atomic E-state index is 3.99. The molecule has 48 valence electrons. The maximum Gasteiger partial charge on any atom is 0.0415 e. The van der Waals surface area contributed by atoms with E-state index in [1.54, 1.807) is 0 Å². The van der Waals surface area contributed by atoms with Gasteiger partial charge < -0.3 is 0 Å². The van der Waals surface area contributed by atoms with E-state index >= 15 is 0 Å². The third-order valence-electron chi connectivity index (χ3n) is 2.38. The van der Waals surface area contributed by atoms with Gasteiger partial charge in [0.05, 0.1) is 0 Å². The fourth-order valence-electron chi connectivity index (χ4n) is 1.65. The van der Waals surface area contributed by atoms with Crippen LogP contribution in [-0.4, -0.2) is 11.9 Å². The molecule has 1 heterocycles. The van der Waals surface area contributed by atoms with Crippen molar-refractivity contribution in [1.29, 1.82) is 0 Å². The molecule has 1 aliphatic heterocycles. The average Bonchev–Trinajstić information content (AvgIpc) is 2.45. The van der Waals surface area contributed by atoms with Crippen molar-refractivity contribution < 1.29 is 0 Å². The van der Waals surface area contributed by atoms with Crippen LogP contribution in [0.25, 0.3) is 0 Å². The summed E-state index contributed by atoms with van der Waals surface area (Å²) in [5, 5.41) is 7.88. The third kappa shape index (κ3) is 0.560. The molecular weight excluding hydrogens is 112 g/mol. The molecule has 3 unspecified atom stereocenters. The summed E-state index contributed by atoms with van der Waals surface area (Å²) in [5.74, 6) is 2.27. The molecule has 1 aliphatic carbocycles. The molecule has 0 bridgehead atoms. The fraction of sp³-hybridized carbons (Fsp3) is 0.714. The monoisotopic (exact) mass is 122 g/mol. The van der Waals surface area contributed by atoms with Gasteiger partial charge in [-0.25, -0.2) is 0 Å². The van der Waals surface area contributed by atoms with E-state index in [1.165, 1.54) is 5.71 Å². The van der Waals surface area contributed by atoms with Crippen molar-refractivity contribution >= 4 is 11.9 Å². The van der Waals surface area contributed by atoms with E-state index in [0.29, 0.717) is 0 Å². The van der Waals surface area contributed by atoms with Crippen molar-refractivity contribution in [3.05, 3.63) is 0 Å². The zero-order chi connectivity index (χ0) is 6.43. The van der Waals surface area contributed by atoms with Gasteiger partial charge in [0, 0.05) is 23.8 Å². The molecule has 9 heavy (non-hydrogen) atoms. The number of hydrogen-bond donors (Lipinski definition) is 0. The lowest BCUT2D eigenvalue weighted by atomic mass is 10.2. The minimum absolute atomic E-state index is 0.725. The van der Waals surface area contributed by atoms with Crippen LogP contribution in [-0.2, 0) is 0 Å². The Labute approximate surface area is 54.7 Å². The highest BCUT2D eigenvalue weighted by Crippen LogP contribution is 2.46. The summed E-state index contributed by atoms with van der Waals surface area (Å²) in [5.41, 5.74) is 1.22. The molecule has 0 amide bonds. The molecule has 2 aliphatic rings. The van der Waals surface area contributed by atoms with Crippen LogP contribution in [0.3, 0.4) is 0 Å². The highest BCUT2D eigenvalue weighted by molar-refractivity contribution is 5.94. The second kappa shape index (κ2) is 1.43. The zero-order valence-corrected chi connectivity index (χ0v) is 5.70. The Morgan fingerprint density at radius 3 is 2.89 bits per heavy atom. The summed E-state index contributed by atoms with van der Waals surface area (Å²) in [6, 6.07) is 0. The van der Waals surface area contributed by atoms with Crippen molar-refractivity contribution in [3.8, 4) is 0 Å². The second-order valence-electron chi connectivity index (χ2n) is 2.97. The molecule has 0 spiro atoms. The Morgan fingerprint density at radius 2 is 2.33 bits per heavy atom. The van der Waals surface area contributed by atoms with E-state index in [1.807, 2.05) is 6.21 Å². The first-order valence-electron chi connectivity index (χ1n) is 3.38. The fourth-order valence-corrected chi connectivity index (χ4v) is 1.65. The van der Waals surface area contributed by atoms with Gasteiger partial charge in [-0.2, -0.15) is 10.2 Å². The van der Waals surface area contributed by atoms with Crippen molar-refractivity contribution in [2.24, 2.45) is 28.0 Å². The average molecular weight is 122 g/mol. The van der Waals surface area contributed by atoms with Crippen LogP contribution in [0, 0.1) is 17.8 Å². The Bertz CT molecular complexity index is 193. The van der Waals surface area contributed by atoms with Gasteiger partial charge in [0.25, 0.3) is 0 Å². The highest BCUT2D eigenvalue weighted by Gasteiger charge is 2.48. The van der Waals surface area contributed by atoms with Crippen molar-refractivity contribution in [2.75, 3.05) is 0 Å². The van der Waals surface area contributed by atoms with E-state index < -0.39 is 0 Å². The van der Waals surface area contributed by atoms with Gasteiger partial charge in [-0.1, -0.05) is 6.92 Å². The maximum absolute atomic E-state index is 3.99. The molecule has 2 heteroatoms. The van der Waals surface area contributed by atoms with Gasteiger partial charge in [0.1, 0.15) is 0 Å². The third-order valence-corrected chi connectivity index (χ3v) is 2.38. The van der Waals surface area contributed by atoms with Crippen LogP contribution in [0.1, 0.15) is 13.8 Å². The Balaban J connectivity index is 2.28. The van der Waals surface area contributed by atoms with E-state index in [4.69, 9.17) is 0 Å². The largest absolute Gasteiger partial charge is 0.163 e. The number of fused-ring (bicyclic) bond motifs is 1. The standard InChI is InChI=1S/C7H10N2/c1-4-6-3-8-9-5(2)7(4)6/h3-4,6-7H,1-2H3. The topological polar surface area (TPSA) is 24.7 Å². The predicted octanol–water partition coefficient (Wildman–Crippen LogP) is 1.33. The van der Waals surface area contributed by atoms with Gasteiger partial charge in [-0.3, -0.25) is 0 Å². The Morgan fingerprint density at radius 1 is 1.56 bits per heavy atom. The van der Waals surface area contributed by atoms with Crippen LogP contribution < -0.4 is 0 Å². The Hall–Kier alpha value is -0.660. The molecular formula is C7H10N2. The lowest BCUT2D eigenvalue weighted by Crippen LogP contribution is -2.00. The lowest BCUT2D eigenvalue weighted by molar-refractivity contribution is 0.911. The summed E-state index contributed by atoms with van der Waals surface area (Å²) in [7, 11) is 0. The number of hydrogen-bond acceptors (Lipinski definition) is 2. The summed E-state index contributed by atoms with van der Waals surface area (Å²) in [4.78, 5) is 0. The number of rotatable bonds is 0. The molecule has 1 fully saturated rings. The molecule has 0 radical (unpaired) electrons. The first-order valence-corrected chi connectivity index (χ1v) is 3.38. The van der Waals surface area contributed by atoms with E-state index in [-0.39, 0.29) is 0 Å². The summed E-state index contributed by atoms with van der Waals surface area (Å²) in [6.45, 7) is 4.32. The molecule has 0 N–H and O–H groups in total. The molecule has 0 aromatic rings. The van der Waals surface area contributed by atoms with Crippen LogP contribution in [0.2, 0.25) is 0 Å². The molecule has 0 saturated heterocycles. The summed E-state index contributed by atoms with van der Waals surface area (Å²) >= 11 is 0. The Kier molecular flexibility index (Phi) is 0.821. The van der Waals surface area contributed by atoms with Crippen molar-refractivity contribution in [2.45, 2.75) is 13.8 Å². The molecule has 1 saturated carbocycles. The zero-order valence-electron chi connectivity index (χ0n) is 5.70. The lowest BCUT2D eigenvalue weighted by Gasteiger charge is -1.96. The number of nitrogens with zero attached hydrogens (tertiary/aromatic N) is 2. The predicted molar refractivity (Wildman–Crippen MR) is 37.7 cm³/mol. The van der Waals surface area contributed by atoms with E-state index in [9.17, 15) is 0 Å². The van der Waals surface area contributed by atoms with E-state index in [0.717, 1.165) is 17.8 Å². The van der Waals surface area contributed by atoms with Crippen LogP contribution in [0.5, 0.6) is 0 Å². The van der Waals surface area contributed by atoms with Gasteiger partial charge in [0.2, 0.25) is 0 Å².